The first-order valence-electron chi connectivity index (χ1n) is 8.49. The topological polar surface area (TPSA) is 58.4 Å². The maximum atomic E-state index is 12.2. The van der Waals surface area contributed by atoms with Gasteiger partial charge in [-0.3, -0.25) is 4.79 Å². The quantitative estimate of drug-likeness (QED) is 0.705. The van der Waals surface area contributed by atoms with Gasteiger partial charge in [-0.15, -0.1) is 0 Å². The third-order valence-electron chi connectivity index (χ3n) is 5.26. The molecule has 3 rings (SSSR count). The molecule has 1 aliphatic heterocycles. The molecule has 0 spiro atoms. The van der Waals surface area contributed by atoms with E-state index in [1.165, 1.54) is 25.7 Å². The SMILES string of the molecule is NCC(CC(=O)N1CCCC1)NCC(C1CC1)C1CC1. The van der Waals surface area contributed by atoms with E-state index in [9.17, 15) is 4.79 Å². The Morgan fingerprint density at radius 3 is 2.25 bits per heavy atom. The molecule has 0 radical (unpaired) electrons. The Morgan fingerprint density at radius 2 is 1.75 bits per heavy atom. The van der Waals surface area contributed by atoms with Crippen LogP contribution in [0.1, 0.15) is 44.9 Å². The van der Waals surface area contributed by atoms with Crippen LogP contribution < -0.4 is 11.1 Å². The maximum Gasteiger partial charge on any atom is 0.224 e. The van der Waals surface area contributed by atoms with Gasteiger partial charge in [0.1, 0.15) is 0 Å². The minimum absolute atomic E-state index is 0.170. The van der Waals surface area contributed by atoms with E-state index < -0.39 is 0 Å². The van der Waals surface area contributed by atoms with Crippen molar-refractivity contribution < 1.29 is 4.79 Å². The fourth-order valence-electron chi connectivity index (χ4n) is 3.61. The Hall–Kier alpha value is -0.610. The highest BCUT2D eigenvalue weighted by Crippen LogP contribution is 2.48. The van der Waals surface area contributed by atoms with Crippen LogP contribution in [-0.4, -0.2) is 43.0 Å². The summed E-state index contributed by atoms with van der Waals surface area (Å²) >= 11 is 0. The summed E-state index contributed by atoms with van der Waals surface area (Å²) in [6, 6.07) is 0.170. The lowest BCUT2D eigenvalue weighted by Gasteiger charge is -2.24. The monoisotopic (exact) mass is 279 g/mol. The largest absolute Gasteiger partial charge is 0.343 e. The number of amides is 1. The Morgan fingerprint density at radius 1 is 1.15 bits per heavy atom. The lowest BCUT2D eigenvalue weighted by molar-refractivity contribution is -0.130. The number of hydrogen-bond donors (Lipinski definition) is 2. The summed E-state index contributed by atoms with van der Waals surface area (Å²) in [6.45, 7) is 3.54. The van der Waals surface area contributed by atoms with E-state index in [1.807, 2.05) is 4.90 Å². The highest BCUT2D eigenvalue weighted by molar-refractivity contribution is 5.77. The highest BCUT2D eigenvalue weighted by atomic mass is 16.2. The molecule has 0 aromatic heterocycles. The van der Waals surface area contributed by atoms with Gasteiger partial charge in [0.25, 0.3) is 0 Å². The normalized spacial score (nSPS) is 24.4. The molecule has 0 aromatic carbocycles. The summed E-state index contributed by atoms with van der Waals surface area (Å²) < 4.78 is 0. The van der Waals surface area contributed by atoms with Gasteiger partial charge in [0.05, 0.1) is 0 Å². The van der Waals surface area contributed by atoms with E-state index >= 15 is 0 Å². The maximum absolute atomic E-state index is 12.2. The fourth-order valence-corrected chi connectivity index (χ4v) is 3.61. The number of nitrogens with one attached hydrogen (secondary N) is 1. The summed E-state index contributed by atoms with van der Waals surface area (Å²) in [5.74, 6) is 3.07. The molecule has 3 aliphatic rings. The Bertz CT molecular complexity index is 321. The van der Waals surface area contributed by atoms with Crippen LogP contribution in [0.15, 0.2) is 0 Å². The van der Waals surface area contributed by atoms with Crippen LogP contribution in [0, 0.1) is 17.8 Å². The lowest BCUT2D eigenvalue weighted by Crippen LogP contribution is -2.43. The van der Waals surface area contributed by atoms with Crippen LogP contribution in [0.2, 0.25) is 0 Å². The molecule has 0 bridgehead atoms. The van der Waals surface area contributed by atoms with Crippen LogP contribution in [0.25, 0.3) is 0 Å². The van der Waals surface area contributed by atoms with Crippen LogP contribution in [0.5, 0.6) is 0 Å². The molecule has 3 fully saturated rings. The van der Waals surface area contributed by atoms with Crippen LogP contribution in [0.4, 0.5) is 0 Å². The second-order valence-corrected chi connectivity index (χ2v) is 6.97. The van der Waals surface area contributed by atoms with E-state index in [0.29, 0.717) is 18.9 Å². The van der Waals surface area contributed by atoms with Gasteiger partial charge >= 0.3 is 0 Å². The van der Waals surface area contributed by atoms with Crippen molar-refractivity contribution in [2.24, 2.45) is 23.5 Å². The van der Waals surface area contributed by atoms with Gasteiger partial charge < -0.3 is 16.0 Å². The summed E-state index contributed by atoms with van der Waals surface area (Å²) in [5.41, 5.74) is 5.86. The molecule has 2 saturated carbocycles. The molecular weight excluding hydrogens is 250 g/mol. The Labute approximate surface area is 122 Å². The zero-order chi connectivity index (χ0) is 13.9. The molecule has 1 atom stereocenters. The molecular formula is C16H29N3O. The van der Waals surface area contributed by atoms with Crippen LogP contribution in [0.3, 0.4) is 0 Å². The fraction of sp³-hybridized carbons (Fsp3) is 0.938. The summed E-state index contributed by atoms with van der Waals surface area (Å²) in [4.78, 5) is 14.2. The Kier molecular flexibility index (Phi) is 4.61. The van der Waals surface area contributed by atoms with E-state index in [1.54, 1.807) is 0 Å². The van der Waals surface area contributed by atoms with Gasteiger partial charge in [0.2, 0.25) is 5.91 Å². The molecule has 2 aliphatic carbocycles. The summed E-state index contributed by atoms with van der Waals surface area (Å²) in [7, 11) is 0. The molecule has 1 unspecified atom stereocenters. The predicted molar refractivity (Wildman–Crippen MR) is 80.2 cm³/mol. The van der Waals surface area contributed by atoms with Gasteiger partial charge in [-0.25, -0.2) is 0 Å². The molecule has 114 valence electrons. The molecule has 3 N–H and O–H groups in total. The van der Waals surface area contributed by atoms with Gasteiger partial charge in [0.15, 0.2) is 0 Å². The van der Waals surface area contributed by atoms with Crippen molar-refractivity contribution >= 4 is 5.91 Å². The van der Waals surface area contributed by atoms with Crippen molar-refractivity contribution in [1.82, 2.24) is 10.2 Å². The smallest absolute Gasteiger partial charge is 0.224 e. The minimum atomic E-state index is 0.170. The average Bonchev–Trinajstić information content (AvgIpc) is 3.39. The van der Waals surface area contributed by atoms with Gasteiger partial charge in [-0.2, -0.15) is 0 Å². The number of likely N-dealkylation sites (tertiary alicyclic amines) is 1. The summed E-state index contributed by atoms with van der Waals surface area (Å²) in [6.07, 6.45) is 8.59. The zero-order valence-corrected chi connectivity index (χ0v) is 12.5. The van der Waals surface area contributed by atoms with Crippen molar-refractivity contribution in [1.29, 1.82) is 0 Å². The number of carbonyl (C=O) groups excluding carboxylic acids is 1. The van der Waals surface area contributed by atoms with E-state index in [-0.39, 0.29) is 6.04 Å². The number of rotatable bonds is 8. The van der Waals surface area contributed by atoms with Gasteiger partial charge in [-0.05, 0) is 62.8 Å². The van der Waals surface area contributed by atoms with Gasteiger partial charge in [-0.1, -0.05) is 0 Å². The van der Waals surface area contributed by atoms with E-state index in [0.717, 1.165) is 50.2 Å². The molecule has 4 nitrogen and oxygen atoms in total. The van der Waals surface area contributed by atoms with E-state index in [4.69, 9.17) is 5.73 Å². The second-order valence-electron chi connectivity index (χ2n) is 6.97. The lowest BCUT2D eigenvalue weighted by atomic mass is 9.97. The van der Waals surface area contributed by atoms with Gasteiger partial charge in [0, 0.05) is 32.1 Å². The number of hydrogen-bond acceptors (Lipinski definition) is 3. The first kappa shape index (κ1) is 14.3. The molecule has 4 heteroatoms. The molecule has 1 heterocycles. The summed E-state index contributed by atoms with van der Waals surface area (Å²) in [5, 5.41) is 3.59. The second kappa shape index (κ2) is 6.44. The minimum Gasteiger partial charge on any atom is -0.343 e. The van der Waals surface area contributed by atoms with Crippen molar-refractivity contribution in [3.05, 3.63) is 0 Å². The third-order valence-corrected chi connectivity index (χ3v) is 5.26. The number of carbonyl (C=O) groups is 1. The molecule has 1 amide bonds. The standard InChI is InChI=1S/C16H29N3O/c17-10-14(9-16(20)19-7-1-2-8-19)18-11-15(12-3-4-12)13-5-6-13/h12-15,18H,1-11,17H2. The average molecular weight is 279 g/mol. The third kappa shape index (κ3) is 3.73. The first-order valence-corrected chi connectivity index (χ1v) is 8.49. The number of nitrogens with zero attached hydrogens (tertiary/aromatic N) is 1. The zero-order valence-electron chi connectivity index (χ0n) is 12.5. The highest BCUT2D eigenvalue weighted by Gasteiger charge is 2.41. The molecule has 1 saturated heterocycles. The van der Waals surface area contributed by atoms with Crippen molar-refractivity contribution in [2.75, 3.05) is 26.2 Å². The van der Waals surface area contributed by atoms with Crippen LogP contribution >= 0.6 is 0 Å². The first-order chi connectivity index (χ1) is 9.78. The molecule has 20 heavy (non-hydrogen) atoms. The van der Waals surface area contributed by atoms with E-state index in [2.05, 4.69) is 5.32 Å². The molecule has 0 aromatic rings. The predicted octanol–water partition coefficient (Wildman–Crippen LogP) is 1.35. The van der Waals surface area contributed by atoms with Crippen molar-refractivity contribution in [3.8, 4) is 0 Å². The van der Waals surface area contributed by atoms with Crippen molar-refractivity contribution in [3.63, 3.8) is 0 Å². The Balaban J connectivity index is 1.42. The van der Waals surface area contributed by atoms with Crippen LogP contribution in [-0.2, 0) is 4.79 Å². The number of nitrogens with two attached hydrogens (primary N) is 1. The van der Waals surface area contributed by atoms with Crippen molar-refractivity contribution in [2.45, 2.75) is 51.0 Å².